The molecule has 1 aliphatic rings. The van der Waals surface area contributed by atoms with E-state index in [4.69, 9.17) is 15.5 Å². The molecule has 3 aromatic rings. The molecule has 0 atom stereocenters. The number of amidine groups is 1. The number of aliphatic hydroxyl groups is 1. The summed E-state index contributed by atoms with van der Waals surface area (Å²) in [6.07, 6.45) is 1.70. The minimum atomic E-state index is -0.360. The van der Waals surface area contributed by atoms with Crippen molar-refractivity contribution in [2.45, 2.75) is 13.2 Å². The van der Waals surface area contributed by atoms with Crippen LogP contribution in [0, 0.1) is 0 Å². The van der Waals surface area contributed by atoms with E-state index in [1.54, 1.807) is 23.1 Å². The van der Waals surface area contributed by atoms with Crippen molar-refractivity contribution >= 4 is 40.3 Å². The second-order valence-electron chi connectivity index (χ2n) is 7.24. The number of rotatable bonds is 6. The molecule has 0 bridgehead atoms. The molecule has 0 unspecified atom stereocenters. The number of carbonyl (C=O) groups excluding carboxylic acids is 1. The van der Waals surface area contributed by atoms with Gasteiger partial charge in [0.05, 0.1) is 30.0 Å². The van der Waals surface area contributed by atoms with E-state index in [0.29, 0.717) is 33.4 Å². The van der Waals surface area contributed by atoms with Gasteiger partial charge in [-0.05, 0) is 65.4 Å². The molecule has 33 heavy (non-hydrogen) atoms. The number of benzene rings is 3. The maximum atomic E-state index is 13.4. The zero-order chi connectivity index (χ0) is 23.4. The third kappa shape index (κ3) is 4.78. The van der Waals surface area contributed by atoms with Crippen LogP contribution in [0.4, 0.5) is 11.4 Å². The van der Waals surface area contributed by atoms with E-state index < -0.39 is 0 Å². The zero-order valence-corrected chi connectivity index (χ0v) is 18.7. The third-order valence-corrected chi connectivity index (χ3v) is 6.05. The highest BCUT2D eigenvalue weighted by Crippen LogP contribution is 2.39. The molecule has 0 radical (unpaired) electrons. The van der Waals surface area contributed by atoms with Gasteiger partial charge in [-0.1, -0.05) is 30.3 Å². The lowest BCUT2D eigenvalue weighted by molar-refractivity contribution is -0.113. The molecule has 0 aliphatic carbocycles. The van der Waals surface area contributed by atoms with Crippen LogP contribution in [0.15, 0.2) is 76.6 Å². The number of hydrogen-bond acceptors (Lipinski definition) is 7. The zero-order valence-electron chi connectivity index (χ0n) is 17.9. The number of thioether (sulfide) groups is 1. The molecule has 1 heterocycles. The van der Waals surface area contributed by atoms with Crippen LogP contribution in [0.1, 0.15) is 16.7 Å². The monoisotopic (exact) mass is 461 g/mol. The lowest BCUT2D eigenvalue weighted by Crippen LogP contribution is -2.28. The van der Waals surface area contributed by atoms with E-state index in [-0.39, 0.29) is 24.0 Å². The molecule has 3 aromatic carbocycles. The van der Waals surface area contributed by atoms with E-state index in [0.717, 1.165) is 11.3 Å². The average molecular weight is 462 g/mol. The molecule has 1 saturated heterocycles. The minimum absolute atomic E-state index is 0.125. The first-order valence-electron chi connectivity index (χ1n) is 10.2. The van der Waals surface area contributed by atoms with Crippen LogP contribution in [0.2, 0.25) is 0 Å². The Kier molecular flexibility index (Phi) is 6.79. The predicted octanol–water partition coefficient (Wildman–Crippen LogP) is 4.16. The molecule has 0 spiro atoms. The highest BCUT2D eigenvalue weighted by Gasteiger charge is 2.34. The normalized spacial score (nSPS) is 16.1. The number of amides is 1. The summed E-state index contributed by atoms with van der Waals surface area (Å²) >= 11 is 1.25. The fraction of sp³-hybridized carbons (Fsp3) is 0.120. The van der Waals surface area contributed by atoms with Crippen LogP contribution >= 0.6 is 11.8 Å². The first-order valence-corrected chi connectivity index (χ1v) is 11.0. The van der Waals surface area contributed by atoms with Gasteiger partial charge in [0.25, 0.3) is 5.91 Å². The Morgan fingerprint density at radius 1 is 1.12 bits per heavy atom. The molecule has 4 N–H and O–H groups in total. The van der Waals surface area contributed by atoms with Gasteiger partial charge in [-0.2, -0.15) is 0 Å². The summed E-state index contributed by atoms with van der Waals surface area (Å²) in [6, 6.07) is 20.1. The summed E-state index contributed by atoms with van der Waals surface area (Å²) in [5.41, 5.74) is 9.01. The second-order valence-corrected chi connectivity index (χ2v) is 8.25. The summed E-state index contributed by atoms with van der Waals surface area (Å²) in [7, 11) is 1.43. The van der Waals surface area contributed by atoms with Crippen molar-refractivity contribution < 1.29 is 19.7 Å². The van der Waals surface area contributed by atoms with Crippen molar-refractivity contribution in [2.24, 2.45) is 10.7 Å². The van der Waals surface area contributed by atoms with Crippen molar-refractivity contribution in [3.8, 4) is 11.5 Å². The van der Waals surface area contributed by atoms with Gasteiger partial charge in [0.1, 0.15) is 0 Å². The van der Waals surface area contributed by atoms with Crippen LogP contribution in [0.25, 0.3) is 6.08 Å². The van der Waals surface area contributed by atoms with Gasteiger partial charge in [-0.25, -0.2) is 4.99 Å². The molecule has 7 nitrogen and oxygen atoms in total. The number of nitrogens with two attached hydrogens (primary N) is 1. The number of ether oxygens (including phenoxy) is 1. The topological polar surface area (TPSA) is 108 Å². The number of anilines is 1. The number of para-hydroxylation sites is 1. The van der Waals surface area contributed by atoms with E-state index in [1.165, 1.54) is 18.9 Å². The average Bonchev–Trinajstić information content (AvgIpc) is 3.14. The Hall–Kier alpha value is -3.59. The highest BCUT2D eigenvalue weighted by atomic mass is 32.2. The lowest BCUT2D eigenvalue weighted by atomic mass is 10.1. The Bertz CT molecular complexity index is 1200. The highest BCUT2D eigenvalue weighted by molar-refractivity contribution is 8.19. The van der Waals surface area contributed by atoms with Gasteiger partial charge >= 0.3 is 0 Å². The molecule has 1 fully saturated rings. The summed E-state index contributed by atoms with van der Waals surface area (Å²) in [5, 5.41) is 20.2. The van der Waals surface area contributed by atoms with Gasteiger partial charge < -0.3 is 20.7 Å². The van der Waals surface area contributed by atoms with Gasteiger partial charge in [-0.3, -0.25) is 9.69 Å². The van der Waals surface area contributed by atoms with Crippen molar-refractivity contribution in [3.63, 3.8) is 0 Å². The number of nitrogens with zero attached hydrogens (tertiary/aromatic N) is 2. The number of carbonyl (C=O) groups is 1. The Balaban J connectivity index is 1.78. The van der Waals surface area contributed by atoms with Crippen LogP contribution in [0.3, 0.4) is 0 Å². The molecule has 0 aromatic heterocycles. The fourth-order valence-corrected chi connectivity index (χ4v) is 4.37. The van der Waals surface area contributed by atoms with Gasteiger partial charge in [0.15, 0.2) is 16.7 Å². The second kappa shape index (κ2) is 9.91. The van der Waals surface area contributed by atoms with E-state index in [1.807, 2.05) is 54.6 Å². The molecule has 8 heteroatoms. The summed E-state index contributed by atoms with van der Waals surface area (Å²) in [4.78, 5) is 20.2. The summed E-state index contributed by atoms with van der Waals surface area (Å²) in [6.45, 7) is 0.0512. The quantitative estimate of drug-likeness (QED) is 0.476. The van der Waals surface area contributed by atoms with Crippen molar-refractivity contribution in [1.82, 2.24) is 0 Å². The molecule has 0 saturated carbocycles. The van der Waals surface area contributed by atoms with Gasteiger partial charge in [-0.15, -0.1) is 0 Å². The molecular formula is C25H23N3O4S. The molecule has 1 aliphatic heterocycles. The van der Waals surface area contributed by atoms with Gasteiger partial charge in [0, 0.05) is 12.1 Å². The van der Waals surface area contributed by atoms with Gasteiger partial charge in [0.2, 0.25) is 0 Å². The Morgan fingerprint density at radius 3 is 2.48 bits per heavy atom. The SMILES string of the molecule is COc1cc(/C=C2/SC(=Nc3ccccc3)N(c3ccc(CN)cc3)C2=O)cc(CO)c1O. The maximum absolute atomic E-state index is 13.4. The molecular weight excluding hydrogens is 438 g/mol. The largest absolute Gasteiger partial charge is 0.504 e. The van der Waals surface area contributed by atoms with Crippen molar-refractivity contribution in [1.29, 1.82) is 0 Å². The third-order valence-electron chi connectivity index (χ3n) is 5.08. The van der Waals surface area contributed by atoms with Crippen LogP contribution in [0.5, 0.6) is 11.5 Å². The maximum Gasteiger partial charge on any atom is 0.271 e. The number of aliphatic imine (C=N–C) groups is 1. The minimum Gasteiger partial charge on any atom is -0.504 e. The number of methoxy groups -OCH3 is 1. The number of aliphatic hydroxyl groups excluding tert-OH is 1. The lowest BCUT2D eigenvalue weighted by Gasteiger charge is -2.16. The Morgan fingerprint density at radius 2 is 1.85 bits per heavy atom. The van der Waals surface area contributed by atoms with Crippen molar-refractivity contribution in [2.75, 3.05) is 12.0 Å². The van der Waals surface area contributed by atoms with E-state index in [2.05, 4.69) is 0 Å². The predicted molar refractivity (Wildman–Crippen MR) is 132 cm³/mol. The number of hydrogen-bond donors (Lipinski definition) is 3. The van der Waals surface area contributed by atoms with E-state index >= 15 is 0 Å². The first kappa shape index (κ1) is 22.6. The first-order chi connectivity index (χ1) is 16.0. The van der Waals surface area contributed by atoms with E-state index in [9.17, 15) is 15.0 Å². The standard InChI is InChI=1S/C25H23N3O4S/c1-32-21-12-17(11-18(15-29)23(21)30)13-22-24(31)28(20-9-7-16(14-26)8-10-20)25(33-22)27-19-5-3-2-4-6-19/h2-13,29-30H,14-15,26H2,1H3/b22-13+,27-25?. The Labute approximate surface area is 195 Å². The van der Waals surface area contributed by atoms with Crippen LogP contribution < -0.4 is 15.4 Å². The molecule has 1 amide bonds. The van der Waals surface area contributed by atoms with Crippen LogP contribution in [-0.2, 0) is 17.9 Å². The molecule has 168 valence electrons. The summed E-state index contributed by atoms with van der Waals surface area (Å²) < 4.78 is 5.21. The molecule has 4 rings (SSSR count). The summed E-state index contributed by atoms with van der Waals surface area (Å²) in [5.74, 6) is -0.135. The van der Waals surface area contributed by atoms with Crippen molar-refractivity contribution in [3.05, 3.63) is 88.3 Å². The number of aromatic hydroxyl groups is 1. The van der Waals surface area contributed by atoms with Crippen LogP contribution in [-0.4, -0.2) is 28.4 Å². The fourth-order valence-electron chi connectivity index (χ4n) is 3.37. The smallest absolute Gasteiger partial charge is 0.271 e. The number of phenols is 1.